The summed E-state index contributed by atoms with van der Waals surface area (Å²) in [5, 5.41) is 10.2. The Morgan fingerprint density at radius 3 is 2.70 bits per heavy atom. The van der Waals surface area contributed by atoms with Gasteiger partial charge in [0.1, 0.15) is 5.75 Å². The van der Waals surface area contributed by atoms with Gasteiger partial charge in [-0.25, -0.2) is 0 Å². The quantitative estimate of drug-likeness (QED) is 0.841. The molecule has 0 bridgehead atoms. The normalized spacial score (nSPS) is 12.2. The fourth-order valence-corrected chi connectivity index (χ4v) is 2.69. The smallest absolute Gasteiger partial charge is 0.122 e. The van der Waals surface area contributed by atoms with Gasteiger partial charge < -0.3 is 9.84 Å². The summed E-state index contributed by atoms with van der Waals surface area (Å²) in [6, 6.07) is 15.9. The largest absolute Gasteiger partial charge is 0.496 e. The number of ether oxygens (including phenoxy) is 1. The van der Waals surface area contributed by atoms with Crippen LogP contribution in [-0.2, 0) is 6.42 Å². The van der Waals surface area contributed by atoms with E-state index in [1.54, 1.807) is 7.11 Å². The van der Waals surface area contributed by atoms with E-state index in [1.807, 2.05) is 42.5 Å². The summed E-state index contributed by atoms with van der Waals surface area (Å²) in [6.45, 7) is 0. The zero-order chi connectivity index (χ0) is 14.4. The molecular weight excluding hydrogens is 316 g/mol. The summed E-state index contributed by atoms with van der Waals surface area (Å²) in [6.07, 6.45) is 2.17. The van der Waals surface area contributed by atoms with E-state index in [9.17, 15) is 5.11 Å². The maximum absolute atomic E-state index is 10.2. The molecule has 2 aromatic carbocycles. The van der Waals surface area contributed by atoms with Gasteiger partial charge in [0.2, 0.25) is 0 Å². The molecule has 0 spiro atoms. The monoisotopic (exact) mass is 334 g/mol. The van der Waals surface area contributed by atoms with Gasteiger partial charge in [-0.3, -0.25) is 0 Å². The third-order valence-electron chi connectivity index (χ3n) is 3.35. The molecule has 20 heavy (non-hydrogen) atoms. The van der Waals surface area contributed by atoms with E-state index < -0.39 is 6.10 Å². The maximum atomic E-state index is 10.2. The zero-order valence-corrected chi connectivity index (χ0v) is 13.1. The number of aryl methyl sites for hydroxylation is 1. The molecule has 0 saturated carbocycles. The molecule has 0 unspecified atom stereocenters. The number of methoxy groups -OCH3 is 1. The standard InChI is InChI=1S/C17H19BrO2/c1-20-17-11-3-2-6-13(17)7-5-10-16(19)14-8-4-9-15(18)12-14/h2-4,6,8-9,11-12,16,19H,5,7,10H2,1H3/t16-/m1/s1. The first-order valence-corrected chi connectivity index (χ1v) is 7.55. The molecule has 1 atom stereocenters. The van der Waals surface area contributed by atoms with Crippen LogP contribution in [0.3, 0.4) is 0 Å². The Kier molecular flexibility index (Phi) is 5.62. The predicted octanol–water partition coefficient (Wildman–Crippen LogP) is 4.51. The van der Waals surface area contributed by atoms with Gasteiger partial charge in [0, 0.05) is 4.47 Å². The van der Waals surface area contributed by atoms with E-state index in [0.29, 0.717) is 0 Å². The van der Waals surface area contributed by atoms with Crippen molar-refractivity contribution in [1.82, 2.24) is 0 Å². The molecule has 0 heterocycles. The van der Waals surface area contributed by atoms with E-state index in [0.717, 1.165) is 35.0 Å². The molecule has 3 heteroatoms. The number of halogens is 1. The van der Waals surface area contributed by atoms with E-state index in [1.165, 1.54) is 5.56 Å². The van der Waals surface area contributed by atoms with Gasteiger partial charge >= 0.3 is 0 Å². The lowest BCUT2D eigenvalue weighted by Crippen LogP contribution is -1.99. The Morgan fingerprint density at radius 2 is 1.95 bits per heavy atom. The Labute approximate surface area is 128 Å². The van der Waals surface area contributed by atoms with Crippen LogP contribution >= 0.6 is 15.9 Å². The molecule has 2 rings (SSSR count). The number of hydrogen-bond donors (Lipinski definition) is 1. The maximum Gasteiger partial charge on any atom is 0.122 e. The van der Waals surface area contributed by atoms with Crippen LogP contribution in [0.1, 0.15) is 30.1 Å². The highest BCUT2D eigenvalue weighted by atomic mass is 79.9. The third-order valence-corrected chi connectivity index (χ3v) is 3.84. The molecule has 0 saturated heterocycles. The van der Waals surface area contributed by atoms with Crippen molar-refractivity contribution in [1.29, 1.82) is 0 Å². The molecule has 0 aliphatic heterocycles. The van der Waals surface area contributed by atoms with Crippen LogP contribution in [-0.4, -0.2) is 12.2 Å². The Hall–Kier alpha value is -1.32. The van der Waals surface area contributed by atoms with Crippen LogP contribution in [0.5, 0.6) is 5.75 Å². The molecule has 2 aromatic rings. The van der Waals surface area contributed by atoms with Crippen molar-refractivity contribution in [2.75, 3.05) is 7.11 Å². The molecule has 0 aliphatic carbocycles. The second kappa shape index (κ2) is 7.46. The van der Waals surface area contributed by atoms with Crippen molar-refractivity contribution in [2.24, 2.45) is 0 Å². The van der Waals surface area contributed by atoms with E-state index in [-0.39, 0.29) is 0 Å². The van der Waals surface area contributed by atoms with Gasteiger partial charge in [-0.2, -0.15) is 0 Å². The van der Waals surface area contributed by atoms with Crippen molar-refractivity contribution in [2.45, 2.75) is 25.4 Å². The summed E-state index contributed by atoms with van der Waals surface area (Å²) in [5.74, 6) is 0.921. The van der Waals surface area contributed by atoms with E-state index in [2.05, 4.69) is 22.0 Å². The summed E-state index contributed by atoms with van der Waals surface area (Å²) in [4.78, 5) is 0. The topological polar surface area (TPSA) is 29.5 Å². The van der Waals surface area contributed by atoms with Gasteiger partial charge in [-0.1, -0.05) is 46.3 Å². The minimum absolute atomic E-state index is 0.415. The zero-order valence-electron chi connectivity index (χ0n) is 11.6. The lowest BCUT2D eigenvalue weighted by Gasteiger charge is -2.12. The molecule has 0 aliphatic rings. The van der Waals surface area contributed by atoms with Crippen LogP contribution < -0.4 is 4.74 Å². The first-order chi connectivity index (χ1) is 9.70. The van der Waals surface area contributed by atoms with Crippen LogP contribution in [0, 0.1) is 0 Å². The van der Waals surface area contributed by atoms with Crippen molar-refractivity contribution >= 4 is 15.9 Å². The second-order valence-corrected chi connectivity index (χ2v) is 5.69. The Balaban J connectivity index is 1.89. The first kappa shape index (κ1) is 15.1. The highest BCUT2D eigenvalue weighted by molar-refractivity contribution is 9.10. The summed E-state index contributed by atoms with van der Waals surface area (Å²) < 4.78 is 6.33. The third kappa shape index (κ3) is 4.09. The van der Waals surface area contributed by atoms with Gasteiger partial charge in [0.05, 0.1) is 13.2 Å². The number of rotatable bonds is 6. The lowest BCUT2D eigenvalue weighted by molar-refractivity contribution is 0.164. The second-order valence-electron chi connectivity index (χ2n) is 4.77. The van der Waals surface area contributed by atoms with Crippen molar-refractivity contribution in [3.05, 3.63) is 64.1 Å². The molecule has 106 valence electrons. The summed E-state index contributed by atoms with van der Waals surface area (Å²) >= 11 is 3.43. The highest BCUT2D eigenvalue weighted by Crippen LogP contribution is 2.24. The molecule has 2 nitrogen and oxygen atoms in total. The first-order valence-electron chi connectivity index (χ1n) is 6.76. The fraction of sp³-hybridized carbons (Fsp3) is 0.294. The van der Waals surface area contributed by atoms with Gasteiger partial charge in [0.25, 0.3) is 0 Å². The average Bonchev–Trinajstić information content (AvgIpc) is 2.47. The predicted molar refractivity (Wildman–Crippen MR) is 85.0 cm³/mol. The Bertz CT molecular complexity index is 554. The van der Waals surface area contributed by atoms with Gasteiger partial charge in [0.15, 0.2) is 0 Å². The molecular formula is C17H19BrO2. The van der Waals surface area contributed by atoms with Crippen molar-refractivity contribution in [3.8, 4) is 5.75 Å². The molecule has 1 N–H and O–H groups in total. The Morgan fingerprint density at radius 1 is 1.15 bits per heavy atom. The molecule has 0 aromatic heterocycles. The summed E-state index contributed by atoms with van der Waals surface area (Å²) in [5.41, 5.74) is 2.15. The van der Waals surface area contributed by atoms with Gasteiger partial charge in [-0.15, -0.1) is 0 Å². The SMILES string of the molecule is COc1ccccc1CCC[C@@H](O)c1cccc(Br)c1. The van der Waals surface area contributed by atoms with Crippen molar-refractivity contribution < 1.29 is 9.84 Å². The van der Waals surface area contributed by atoms with Gasteiger partial charge in [-0.05, 0) is 48.6 Å². The van der Waals surface area contributed by atoms with E-state index >= 15 is 0 Å². The summed E-state index contributed by atoms with van der Waals surface area (Å²) in [7, 11) is 1.69. The minimum Gasteiger partial charge on any atom is -0.496 e. The van der Waals surface area contributed by atoms with Crippen LogP contribution in [0.4, 0.5) is 0 Å². The number of hydrogen-bond acceptors (Lipinski definition) is 2. The number of aliphatic hydroxyl groups excluding tert-OH is 1. The lowest BCUT2D eigenvalue weighted by atomic mass is 10.0. The van der Waals surface area contributed by atoms with Crippen LogP contribution in [0.2, 0.25) is 0 Å². The molecule has 0 amide bonds. The fourth-order valence-electron chi connectivity index (χ4n) is 2.28. The minimum atomic E-state index is -0.415. The number of benzene rings is 2. The highest BCUT2D eigenvalue weighted by Gasteiger charge is 2.08. The van der Waals surface area contributed by atoms with Crippen LogP contribution in [0.25, 0.3) is 0 Å². The van der Waals surface area contributed by atoms with E-state index in [4.69, 9.17) is 4.74 Å². The molecule has 0 fully saturated rings. The van der Waals surface area contributed by atoms with Crippen LogP contribution in [0.15, 0.2) is 53.0 Å². The van der Waals surface area contributed by atoms with Crippen molar-refractivity contribution in [3.63, 3.8) is 0 Å². The number of aliphatic hydroxyl groups is 1. The average molecular weight is 335 g/mol. The number of para-hydroxylation sites is 1. The molecule has 0 radical (unpaired) electrons.